The van der Waals surface area contributed by atoms with Crippen LogP contribution in [0, 0.1) is 17.0 Å². The lowest BCUT2D eigenvalue weighted by atomic mass is 10.1. The summed E-state index contributed by atoms with van der Waals surface area (Å²) in [6.07, 6.45) is 1.40. The fraction of sp³-hybridized carbons (Fsp3) is 0.111. The Morgan fingerprint density at radius 2 is 1.68 bits per heavy atom. The standard InChI is InChI=1S/C27H20N4O5S/c1-16-7-3-6-10-22(16)36-15-24-28-29-27(30(24)2)37-23-12-11-17(14-21(23)31(34)35)13-20-25(32)18-8-4-5-9-19(18)26(20)33/h3-14H,15H2,1-2H3. The molecule has 1 aliphatic carbocycles. The van der Waals surface area contributed by atoms with Gasteiger partial charge in [0.1, 0.15) is 12.4 Å². The third-order valence-corrected chi connectivity index (χ3v) is 7.08. The lowest BCUT2D eigenvalue weighted by Gasteiger charge is -2.09. The second-order valence-corrected chi connectivity index (χ2v) is 9.37. The van der Waals surface area contributed by atoms with Crippen molar-refractivity contribution in [3.8, 4) is 5.75 Å². The van der Waals surface area contributed by atoms with E-state index in [0.717, 1.165) is 23.1 Å². The minimum atomic E-state index is -0.504. The summed E-state index contributed by atoms with van der Waals surface area (Å²) in [5.41, 5.74) is 1.87. The largest absolute Gasteiger partial charge is 0.485 e. The number of carbonyl (C=O) groups is 2. The number of hydrogen-bond donors (Lipinski definition) is 0. The number of hydrogen-bond acceptors (Lipinski definition) is 8. The minimum Gasteiger partial charge on any atom is -0.485 e. The van der Waals surface area contributed by atoms with Gasteiger partial charge in [-0.3, -0.25) is 19.7 Å². The Morgan fingerprint density at radius 3 is 2.35 bits per heavy atom. The molecule has 0 bridgehead atoms. The molecule has 1 aliphatic rings. The number of carbonyl (C=O) groups excluding carboxylic acids is 2. The molecule has 0 fully saturated rings. The molecule has 184 valence electrons. The summed E-state index contributed by atoms with van der Waals surface area (Å²) in [6.45, 7) is 2.14. The third-order valence-electron chi connectivity index (χ3n) is 5.97. The Kier molecular flexibility index (Phi) is 6.41. The van der Waals surface area contributed by atoms with Crippen molar-refractivity contribution in [2.24, 2.45) is 7.05 Å². The van der Waals surface area contributed by atoms with Gasteiger partial charge in [-0.15, -0.1) is 10.2 Å². The van der Waals surface area contributed by atoms with Gasteiger partial charge in [0.05, 0.1) is 15.4 Å². The Hall–Kier alpha value is -4.57. The Bertz CT molecular complexity index is 1570. The lowest BCUT2D eigenvalue weighted by molar-refractivity contribution is -0.387. The quantitative estimate of drug-likeness (QED) is 0.143. The second-order valence-electron chi connectivity index (χ2n) is 8.36. The second kappa shape index (κ2) is 9.82. The smallest absolute Gasteiger partial charge is 0.283 e. The number of Topliss-reactive ketones (excluding diaryl/α,β-unsaturated/α-hetero) is 2. The number of para-hydroxylation sites is 1. The fourth-order valence-corrected chi connectivity index (χ4v) is 4.84. The number of aryl methyl sites for hydroxylation is 1. The molecule has 1 heterocycles. The van der Waals surface area contributed by atoms with Gasteiger partial charge in [0.25, 0.3) is 5.69 Å². The summed E-state index contributed by atoms with van der Waals surface area (Å²) in [4.78, 5) is 37.1. The molecule has 5 rings (SSSR count). The van der Waals surface area contributed by atoms with Crippen LogP contribution in [0.15, 0.2) is 82.4 Å². The number of nitrogens with zero attached hydrogens (tertiary/aromatic N) is 4. The molecule has 0 spiro atoms. The van der Waals surface area contributed by atoms with E-state index in [1.165, 1.54) is 12.1 Å². The molecule has 0 saturated heterocycles. The predicted octanol–water partition coefficient (Wildman–Crippen LogP) is 5.22. The van der Waals surface area contributed by atoms with Crippen LogP contribution in [0.5, 0.6) is 5.75 Å². The topological polar surface area (TPSA) is 117 Å². The molecule has 9 nitrogen and oxygen atoms in total. The normalized spacial score (nSPS) is 12.5. The summed E-state index contributed by atoms with van der Waals surface area (Å²) >= 11 is 1.09. The number of fused-ring (bicyclic) bond motifs is 1. The molecule has 0 radical (unpaired) electrons. The molecule has 0 amide bonds. The number of aromatic nitrogens is 3. The van der Waals surface area contributed by atoms with Crippen molar-refractivity contribution >= 4 is 35.1 Å². The number of nitro groups is 1. The van der Waals surface area contributed by atoms with Crippen LogP contribution in [0.1, 0.15) is 37.7 Å². The summed E-state index contributed by atoms with van der Waals surface area (Å²) in [7, 11) is 1.76. The SMILES string of the molecule is Cc1ccccc1OCc1nnc(Sc2ccc(C=C3C(=O)c4ccccc4C3=O)cc2[N+](=O)[O-])n1C. The molecule has 3 aromatic carbocycles. The van der Waals surface area contributed by atoms with Gasteiger partial charge in [-0.1, -0.05) is 48.5 Å². The van der Waals surface area contributed by atoms with Crippen LogP contribution in [0.25, 0.3) is 6.08 Å². The van der Waals surface area contributed by atoms with Crippen LogP contribution in [0.2, 0.25) is 0 Å². The van der Waals surface area contributed by atoms with Gasteiger partial charge in [0.15, 0.2) is 22.5 Å². The Balaban J connectivity index is 1.38. The molecule has 0 atom stereocenters. The van der Waals surface area contributed by atoms with Gasteiger partial charge < -0.3 is 9.30 Å². The van der Waals surface area contributed by atoms with Gasteiger partial charge >= 0.3 is 0 Å². The van der Waals surface area contributed by atoms with Gasteiger partial charge in [-0.25, -0.2) is 0 Å². The van der Waals surface area contributed by atoms with Crippen molar-refractivity contribution in [3.05, 3.63) is 110 Å². The molecule has 0 saturated carbocycles. The zero-order valence-electron chi connectivity index (χ0n) is 19.9. The molecular formula is C27H20N4O5S. The first-order valence-electron chi connectivity index (χ1n) is 11.3. The summed E-state index contributed by atoms with van der Waals surface area (Å²) in [5.74, 6) is 0.525. The summed E-state index contributed by atoms with van der Waals surface area (Å²) in [5, 5.41) is 20.7. The van der Waals surface area contributed by atoms with Gasteiger partial charge in [-0.05, 0) is 48.0 Å². The molecule has 0 aliphatic heterocycles. The minimum absolute atomic E-state index is 0.0116. The first-order valence-corrected chi connectivity index (χ1v) is 12.1. The zero-order valence-corrected chi connectivity index (χ0v) is 20.7. The number of rotatable bonds is 7. The first kappa shape index (κ1) is 24.1. The average Bonchev–Trinajstić information content (AvgIpc) is 3.36. The Labute approximate surface area is 216 Å². The number of allylic oxidation sites excluding steroid dienone is 1. The molecule has 0 unspecified atom stereocenters. The van der Waals surface area contributed by atoms with Crippen molar-refractivity contribution < 1.29 is 19.2 Å². The maximum atomic E-state index is 12.7. The molecule has 0 N–H and O–H groups in total. The third kappa shape index (κ3) is 4.66. The average molecular weight is 513 g/mol. The number of ketones is 2. The van der Waals surface area contributed by atoms with Gasteiger partial charge in [-0.2, -0.15) is 0 Å². The maximum Gasteiger partial charge on any atom is 0.283 e. The van der Waals surface area contributed by atoms with E-state index in [4.69, 9.17) is 4.74 Å². The van der Waals surface area contributed by atoms with E-state index in [2.05, 4.69) is 10.2 Å². The number of ether oxygens (including phenoxy) is 1. The highest BCUT2D eigenvalue weighted by Crippen LogP contribution is 2.36. The molecule has 4 aromatic rings. The van der Waals surface area contributed by atoms with Gasteiger partial charge in [0.2, 0.25) is 0 Å². The summed E-state index contributed by atoms with van der Waals surface area (Å²) < 4.78 is 7.56. The van der Waals surface area contributed by atoms with Crippen molar-refractivity contribution in [1.82, 2.24) is 14.8 Å². The fourth-order valence-electron chi connectivity index (χ4n) is 3.94. The van der Waals surface area contributed by atoms with E-state index in [1.54, 1.807) is 48.0 Å². The van der Waals surface area contributed by atoms with Crippen molar-refractivity contribution in [3.63, 3.8) is 0 Å². The Morgan fingerprint density at radius 1 is 1.00 bits per heavy atom. The zero-order chi connectivity index (χ0) is 26.1. The van der Waals surface area contributed by atoms with Crippen molar-refractivity contribution in [2.45, 2.75) is 23.6 Å². The monoisotopic (exact) mass is 512 g/mol. The van der Waals surface area contributed by atoms with E-state index in [0.29, 0.717) is 32.6 Å². The molecule has 1 aromatic heterocycles. The van der Waals surface area contributed by atoms with Crippen molar-refractivity contribution in [1.29, 1.82) is 0 Å². The van der Waals surface area contributed by atoms with Crippen molar-refractivity contribution in [2.75, 3.05) is 0 Å². The van der Waals surface area contributed by atoms with E-state index in [1.807, 2.05) is 31.2 Å². The molecule has 10 heteroatoms. The molecule has 37 heavy (non-hydrogen) atoms. The van der Waals surface area contributed by atoms with Crippen LogP contribution in [0.3, 0.4) is 0 Å². The lowest BCUT2D eigenvalue weighted by Crippen LogP contribution is -2.05. The van der Waals surface area contributed by atoms with Crippen LogP contribution in [-0.4, -0.2) is 31.3 Å². The molecular weight excluding hydrogens is 492 g/mol. The maximum absolute atomic E-state index is 12.7. The van der Waals surface area contributed by atoms with Gasteiger partial charge in [0, 0.05) is 24.2 Å². The van der Waals surface area contributed by atoms with E-state index in [9.17, 15) is 19.7 Å². The van der Waals surface area contributed by atoms with Crippen LogP contribution >= 0.6 is 11.8 Å². The van der Waals surface area contributed by atoms with Crippen LogP contribution in [0.4, 0.5) is 5.69 Å². The highest BCUT2D eigenvalue weighted by Gasteiger charge is 2.32. The highest BCUT2D eigenvalue weighted by atomic mass is 32.2. The van der Waals surface area contributed by atoms with E-state index < -0.39 is 4.92 Å². The summed E-state index contributed by atoms with van der Waals surface area (Å²) in [6, 6.07) is 18.8. The first-order chi connectivity index (χ1) is 17.8. The van der Waals surface area contributed by atoms with Crippen LogP contribution in [-0.2, 0) is 13.7 Å². The number of nitro benzene ring substituents is 1. The van der Waals surface area contributed by atoms with E-state index in [-0.39, 0.29) is 29.4 Å². The van der Waals surface area contributed by atoms with E-state index >= 15 is 0 Å². The highest BCUT2D eigenvalue weighted by molar-refractivity contribution is 7.99. The number of benzene rings is 3. The predicted molar refractivity (Wildman–Crippen MR) is 137 cm³/mol. The van der Waals surface area contributed by atoms with Crippen LogP contribution < -0.4 is 4.74 Å².